The second kappa shape index (κ2) is 10.4. The van der Waals surface area contributed by atoms with Gasteiger partial charge in [0.25, 0.3) is 5.91 Å². The van der Waals surface area contributed by atoms with Crippen LogP contribution in [0.25, 0.3) is 0 Å². The molecule has 0 bridgehead atoms. The first-order valence-corrected chi connectivity index (χ1v) is 8.92. The number of carbonyl (C=O) groups is 1. The molecule has 0 atom stereocenters. The third-order valence-electron chi connectivity index (χ3n) is 3.96. The molecule has 0 aromatic heterocycles. The summed E-state index contributed by atoms with van der Waals surface area (Å²) >= 11 is 0. The van der Waals surface area contributed by atoms with Gasteiger partial charge < -0.3 is 14.8 Å². The molecule has 0 spiro atoms. The van der Waals surface area contributed by atoms with Gasteiger partial charge in [-0.05, 0) is 30.7 Å². The van der Waals surface area contributed by atoms with Crippen molar-refractivity contribution in [3.05, 3.63) is 54.1 Å². The Labute approximate surface area is 150 Å². The Bertz CT molecular complexity index is 670. The molecule has 1 N–H and O–H groups in total. The smallest absolute Gasteiger partial charge is 0.259 e. The van der Waals surface area contributed by atoms with Gasteiger partial charge in [-0.25, -0.2) is 0 Å². The van der Waals surface area contributed by atoms with E-state index in [1.807, 2.05) is 36.4 Å². The summed E-state index contributed by atoms with van der Waals surface area (Å²) in [5.74, 6) is 1.13. The minimum atomic E-state index is -0.200. The monoisotopic (exact) mass is 341 g/mol. The fraction of sp³-hybridized carbons (Fsp3) is 0.381. The van der Waals surface area contributed by atoms with Crippen LogP contribution in [0.15, 0.2) is 48.5 Å². The number of amides is 1. The minimum Gasteiger partial charge on any atom is -0.496 e. The summed E-state index contributed by atoms with van der Waals surface area (Å²) in [6.07, 6.45) is 6.03. The summed E-state index contributed by atoms with van der Waals surface area (Å²) in [7, 11) is 1.56. The van der Waals surface area contributed by atoms with Crippen LogP contribution in [0.3, 0.4) is 0 Å². The van der Waals surface area contributed by atoms with Crippen LogP contribution >= 0.6 is 0 Å². The van der Waals surface area contributed by atoms with Gasteiger partial charge in [0.05, 0.1) is 19.3 Å². The summed E-state index contributed by atoms with van der Waals surface area (Å²) < 4.78 is 11.0. The van der Waals surface area contributed by atoms with E-state index < -0.39 is 0 Å². The molecular formula is C21H27NO3. The molecule has 0 fully saturated rings. The molecule has 0 unspecified atom stereocenters. The van der Waals surface area contributed by atoms with Gasteiger partial charge in [-0.2, -0.15) is 0 Å². The maximum absolute atomic E-state index is 12.4. The lowest BCUT2D eigenvalue weighted by Gasteiger charge is -2.11. The molecule has 25 heavy (non-hydrogen) atoms. The van der Waals surface area contributed by atoms with Crippen molar-refractivity contribution in [2.24, 2.45) is 0 Å². The molecule has 2 aromatic carbocycles. The van der Waals surface area contributed by atoms with Crippen LogP contribution < -0.4 is 14.8 Å². The van der Waals surface area contributed by atoms with Crippen LogP contribution in [0.2, 0.25) is 0 Å². The highest BCUT2D eigenvalue weighted by atomic mass is 16.5. The number of ether oxygens (including phenoxy) is 2. The van der Waals surface area contributed by atoms with Crippen molar-refractivity contribution in [2.45, 2.75) is 39.0 Å². The van der Waals surface area contributed by atoms with Gasteiger partial charge in [0, 0.05) is 11.8 Å². The van der Waals surface area contributed by atoms with Crippen LogP contribution in [-0.4, -0.2) is 19.6 Å². The summed E-state index contributed by atoms with van der Waals surface area (Å²) in [5, 5.41) is 2.89. The fourth-order valence-corrected chi connectivity index (χ4v) is 2.59. The SMILES string of the molecule is CCCCCCCOc1cccc(NC(=O)c2ccccc2OC)c1. The molecule has 0 saturated heterocycles. The molecule has 0 heterocycles. The molecule has 1 amide bonds. The lowest BCUT2D eigenvalue weighted by atomic mass is 10.1. The highest BCUT2D eigenvalue weighted by Crippen LogP contribution is 2.21. The Morgan fingerprint density at radius 2 is 1.80 bits per heavy atom. The number of rotatable bonds is 10. The van der Waals surface area contributed by atoms with Crippen molar-refractivity contribution in [3.63, 3.8) is 0 Å². The number of nitrogens with one attached hydrogen (secondary N) is 1. The zero-order valence-corrected chi connectivity index (χ0v) is 15.1. The number of unbranched alkanes of at least 4 members (excludes halogenated alkanes) is 4. The van der Waals surface area contributed by atoms with Crippen LogP contribution in [0.4, 0.5) is 5.69 Å². The van der Waals surface area contributed by atoms with Gasteiger partial charge in [-0.1, -0.05) is 50.8 Å². The Morgan fingerprint density at radius 1 is 1.00 bits per heavy atom. The quantitative estimate of drug-likeness (QED) is 0.597. The van der Waals surface area contributed by atoms with Crippen molar-refractivity contribution >= 4 is 11.6 Å². The van der Waals surface area contributed by atoms with Gasteiger partial charge >= 0.3 is 0 Å². The molecule has 0 aliphatic heterocycles. The van der Waals surface area contributed by atoms with E-state index in [4.69, 9.17) is 9.47 Å². The second-order valence-electron chi connectivity index (χ2n) is 5.94. The van der Waals surface area contributed by atoms with E-state index in [0.717, 1.165) is 12.2 Å². The summed E-state index contributed by atoms with van der Waals surface area (Å²) in [6, 6.07) is 14.6. The highest BCUT2D eigenvalue weighted by Gasteiger charge is 2.11. The topological polar surface area (TPSA) is 47.6 Å². The van der Waals surface area contributed by atoms with Crippen molar-refractivity contribution in [2.75, 3.05) is 19.0 Å². The number of methoxy groups -OCH3 is 1. The molecule has 0 aliphatic carbocycles. The number of hydrogen-bond acceptors (Lipinski definition) is 3. The number of anilines is 1. The van der Waals surface area contributed by atoms with Gasteiger partial charge in [-0.3, -0.25) is 4.79 Å². The van der Waals surface area contributed by atoms with E-state index in [2.05, 4.69) is 12.2 Å². The first kappa shape index (κ1) is 18.8. The summed E-state index contributed by atoms with van der Waals surface area (Å²) in [5.41, 5.74) is 1.21. The summed E-state index contributed by atoms with van der Waals surface area (Å²) in [4.78, 5) is 12.4. The Hall–Kier alpha value is -2.49. The van der Waals surface area contributed by atoms with Crippen molar-refractivity contribution in [1.82, 2.24) is 0 Å². The highest BCUT2D eigenvalue weighted by molar-refractivity contribution is 6.06. The molecule has 0 radical (unpaired) electrons. The van der Waals surface area contributed by atoms with Crippen molar-refractivity contribution in [1.29, 1.82) is 0 Å². The molecule has 134 valence electrons. The zero-order chi connectivity index (χ0) is 17.9. The standard InChI is InChI=1S/C21H27NO3/c1-3-4-5-6-9-15-25-18-12-10-11-17(16-18)22-21(23)19-13-7-8-14-20(19)24-2/h7-8,10-14,16H,3-6,9,15H2,1-2H3,(H,22,23). The van der Waals surface area contributed by atoms with E-state index in [9.17, 15) is 4.79 Å². The van der Waals surface area contributed by atoms with E-state index in [1.165, 1.54) is 25.7 Å². The normalized spacial score (nSPS) is 10.3. The molecule has 0 aliphatic rings. The van der Waals surface area contributed by atoms with Crippen LogP contribution in [0.1, 0.15) is 49.4 Å². The average molecular weight is 341 g/mol. The van der Waals surface area contributed by atoms with Gasteiger partial charge in [0.2, 0.25) is 0 Å². The van der Waals surface area contributed by atoms with E-state index >= 15 is 0 Å². The maximum Gasteiger partial charge on any atom is 0.259 e. The largest absolute Gasteiger partial charge is 0.496 e. The van der Waals surface area contributed by atoms with Gasteiger partial charge in [0.15, 0.2) is 0 Å². The molecule has 2 aromatic rings. The molecule has 2 rings (SSSR count). The van der Waals surface area contributed by atoms with Crippen LogP contribution in [0, 0.1) is 0 Å². The van der Waals surface area contributed by atoms with Crippen molar-refractivity contribution in [3.8, 4) is 11.5 Å². The lowest BCUT2D eigenvalue weighted by molar-refractivity contribution is 0.102. The predicted octanol–water partition coefficient (Wildman–Crippen LogP) is 5.30. The van der Waals surface area contributed by atoms with E-state index in [-0.39, 0.29) is 5.91 Å². The first-order chi connectivity index (χ1) is 12.2. The summed E-state index contributed by atoms with van der Waals surface area (Å²) in [6.45, 7) is 2.91. The third-order valence-corrected chi connectivity index (χ3v) is 3.96. The Morgan fingerprint density at radius 3 is 2.60 bits per heavy atom. The van der Waals surface area contributed by atoms with E-state index in [1.54, 1.807) is 19.2 Å². The molecule has 4 heteroatoms. The third kappa shape index (κ3) is 6.14. The predicted molar refractivity (Wildman–Crippen MR) is 102 cm³/mol. The first-order valence-electron chi connectivity index (χ1n) is 8.92. The number of benzene rings is 2. The van der Waals surface area contributed by atoms with Crippen molar-refractivity contribution < 1.29 is 14.3 Å². The van der Waals surface area contributed by atoms with Crippen LogP contribution in [-0.2, 0) is 0 Å². The minimum absolute atomic E-state index is 0.200. The Kier molecular flexibility index (Phi) is 7.83. The van der Waals surface area contributed by atoms with E-state index in [0.29, 0.717) is 23.6 Å². The number of carbonyl (C=O) groups excluding carboxylic acids is 1. The Balaban J connectivity index is 1.89. The number of hydrogen-bond donors (Lipinski definition) is 1. The number of para-hydroxylation sites is 1. The second-order valence-corrected chi connectivity index (χ2v) is 5.94. The average Bonchev–Trinajstić information content (AvgIpc) is 2.65. The molecule has 0 saturated carbocycles. The lowest BCUT2D eigenvalue weighted by Crippen LogP contribution is -2.13. The maximum atomic E-state index is 12.4. The van der Waals surface area contributed by atoms with Gasteiger partial charge in [-0.15, -0.1) is 0 Å². The molecule has 4 nitrogen and oxygen atoms in total. The zero-order valence-electron chi connectivity index (χ0n) is 15.1. The van der Waals surface area contributed by atoms with Crippen LogP contribution in [0.5, 0.6) is 11.5 Å². The molecular weight excluding hydrogens is 314 g/mol. The fourth-order valence-electron chi connectivity index (χ4n) is 2.59. The van der Waals surface area contributed by atoms with Gasteiger partial charge in [0.1, 0.15) is 11.5 Å².